The molecule has 0 fully saturated rings. The SMILES string of the molecule is Cc1ccc(C2CC(c3ccccc3)=NN2S(C)(=O)=O)cc1. The summed E-state index contributed by atoms with van der Waals surface area (Å²) in [6, 6.07) is 17.4. The van der Waals surface area contributed by atoms with Gasteiger partial charge in [0.05, 0.1) is 18.0 Å². The van der Waals surface area contributed by atoms with Gasteiger partial charge in [0.25, 0.3) is 0 Å². The highest BCUT2D eigenvalue weighted by molar-refractivity contribution is 7.88. The number of benzene rings is 2. The van der Waals surface area contributed by atoms with Crippen LogP contribution >= 0.6 is 0 Å². The van der Waals surface area contributed by atoms with Crippen LogP contribution < -0.4 is 0 Å². The molecular formula is C17H18N2O2S. The van der Waals surface area contributed by atoms with Gasteiger partial charge in [0.1, 0.15) is 0 Å². The molecule has 1 heterocycles. The predicted octanol–water partition coefficient (Wildman–Crippen LogP) is 3.11. The van der Waals surface area contributed by atoms with Crippen LogP contribution in [0.3, 0.4) is 0 Å². The van der Waals surface area contributed by atoms with Gasteiger partial charge in [-0.1, -0.05) is 60.2 Å². The number of hydrogen-bond acceptors (Lipinski definition) is 3. The molecule has 0 amide bonds. The predicted molar refractivity (Wildman–Crippen MR) is 88.2 cm³/mol. The Morgan fingerprint density at radius 2 is 1.68 bits per heavy atom. The third-order valence-electron chi connectivity index (χ3n) is 3.78. The van der Waals surface area contributed by atoms with E-state index >= 15 is 0 Å². The second-order valence-electron chi connectivity index (χ2n) is 5.58. The van der Waals surface area contributed by atoms with E-state index in [2.05, 4.69) is 5.10 Å². The van der Waals surface area contributed by atoms with E-state index in [1.54, 1.807) is 0 Å². The van der Waals surface area contributed by atoms with Gasteiger partial charge < -0.3 is 0 Å². The van der Waals surface area contributed by atoms with E-state index in [1.807, 2.05) is 61.5 Å². The Balaban J connectivity index is 2.00. The topological polar surface area (TPSA) is 49.7 Å². The molecule has 0 saturated carbocycles. The largest absolute Gasteiger partial charge is 0.247 e. The Morgan fingerprint density at radius 1 is 1.05 bits per heavy atom. The zero-order valence-electron chi connectivity index (χ0n) is 12.6. The molecule has 0 aromatic heterocycles. The van der Waals surface area contributed by atoms with E-state index in [9.17, 15) is 8.42 Å². The summed E-state index contributed by atoms with van der Waals surface area (Å²) in [6.07, 6.45) is 1.78. The molecule has 0 aliphatic carbocycles. The minimum Gasteiger partial charge on any atom is -0.205 e. The first-order chi connectivity index (χ1) is 10.4. The molecule has 1 unspecified atom stereocenters. The van der Waals surface area contributed by atoms with Crippen molar-refractivity contribution < 1.29 is 8.42 Å². The van der Waals surface area contributed by atoms with Crippen LogP contribution in [0.15, 0.2) is 59.7 Å². The van der Waals surface area contributed by atoms with Crippen LogP contribution in [0.4, 0.5) is 0 Å². The van der Waals surface area contributed by atoms with Gasteiger partial charge in [0.15, 0.2) is 0 Å². The summed E-state index contributed by atoms with van der Waals surface area (Å²) >= 11 is 0. The summed E-state index contributed by atoms with van der Waals surface area (Å²) in [6.45, 7) is 2.01. The molecule has 2 aromatic rings. The standard InChI is InChI=1S/C17H18N2O2S/c1-13-8-10-15(11-9-13)17-12-16(14-6-4-3-5-7-14)18-19(17)22(2,20)21/h3-11,17H,12H2,1-2H3. The Morgan fingerprint density at radius 3 is 2.27 bits per heavy atom. The summed E-state index contributed by atoms with van der Waals surface area (Å²) in [4.78, 5) is 0. The lowest BCUT2D eigenvalue weighted by atomic mass is 9.98. The maximum Gasteiger partial charge on any atom is 0.247 e. The minimum absolute atomic E-state index is 0.272. The van der Waals surface area contributed by atoms with Crippen LogP contribution in [-0.4, -0.2) is 24.8 Å². The number of hydrazone groups is 1. The number of nitrogens with zero attached hydrogens (tertiary/aromatic N) is 2. The quantitative estimate of drug-likeness (QED) is 0.874. The molecule has 22 heavy (non-hydrogen) atoms. The van der Waals surface area contributed by atoms with Crippen molar-refractivity contribution in [3.8, 4) is 0 Å². The summed E-state index contributed by atoms with van der Waals surface area (Å²) < 4.78 is 25.4. The second kappa shape index (κ2) is 5.57. The maximum absolute atomic E-state index is 12.1. The van der Waals surface area contributed by atoms with E-state index in [0.717, 1.165) is 22.4 Å². The van der Waals surface area contributed by atoms with E-state index in [4.69, 9.17) is 0 Å². The van der Waals surface area contributed by atoms with Gasteiger partial charge in [-0.2, -0.15) is 9.52 Å². The van der Waals surface area contributed by atoms with Gasteiger partial charge in [-0.05, 0) is 18.1 Å². The summed E-state index contributed by atoms with van der Waals surface area (Å²) in [5.74, 6) is 0. The molecule has 114 valence electrons. The lowest BCUT2D eigenvalue weighted by molar-refractivity contribution is 0.375. The molecule has 2 aromatic carbocycles. The molecular weight excluding hydrogens is 296 g/mol. The smallest absolute Gasteiger partial charge is 0.205 e. The van der Waals surface area contributed by atoms with Crippen molar-refractivity contribution in [2.75, 3.05) is 6.26 Å². The number of rotatable bonds is 3. The van der Waals surface area contributed by atoms with E-state index in [1.165, 1.54) is 10.7 Å². The highest BCUT2D eigenvalue weighted by atomic mass is 32.2. The highest BCUT2D eigenvalue weighted by Crippen LogP contribution is 2.34. The Bertz CT molecular complexity index is 796. The van der Waals surface area contributed by atoms with Gasteiger partial charge in [-0.25, -0.2) is 8.42 Å². The molecule has 0 spiro atoms. The molecule has 3 rings (SSSR count). The van der Waals surface area contributed by atoms with Crippen LogP contribution in [0.1, 0.15) is 29.2 Å². The fourth-order valence-corrected chi connectivity index (χ4v) is 3.54. The van der Waals surface area contributed by atoms with Crippen LogP contribution in [0.2, 0.25) is 0 Å². The van der Waals surface area contributed by atoms with Crippen LogP contribution in [0, 0.1) is 6.92 Å². The van der Waals surface area contributed by atoms with Gasteiger partial charge in [-0.15, -0.1) is 0 Å². The van der Waals surface area contributed by atoms with Crippen LogP contribution in [0.25, 0.3) is 0 Å². The number of aryl methyl sites for hydroxylation is 1. The Kier molecular flexibility index (Phi) is 3.74. The molecule has 0 radical (unpaired) electrons. The first-order valence-corrected chi connectivity index (χ1v) is 8.99. The Hall–Kier alpha value is -2.14. The van der Waals surface area contributed by atoms with Gasteiger partial charge in [-0.3, -0.25) is 0 Å². The van der Waals surface area contributed by atoms with Gasteiger partial charge >= 0.3 is 0 Å². The lowest BCUT2D eigenvalue weighted by Gasteiger charge is -2.21. The minimum atomic E-state index is -3.41. The first-order valence-electron chi connectivity index (χ1n) is 7.14. The zero-order valence-corrected chi connectivity index (χ0v) is 13.4. The number of hydrogen-bond donors (Lipinski definition) is 0. The zero-order chi connectivity index (χ0) is 15.7. The number of sulfonamides is 1. The fraction of sp³-hybridized carbons (Fsp3) is 0.235. The van der Waals surface area contributed by atoms with E-state index in [-0.39, 0.29) is 6.04 Å². The maximum atomic E-state index is 12.1. The molecule has 0 N–H and O–H groups in total. The average molecular weight is 314 g/mol. The average Bonchev–Trinajstić information content (AvgIpc) is 2.94. The van der Waals surface area contributed by atoms with Crippen molar-refractivity contribution in [3.63, 3.8) is 0 Å². The molecule has 0 saturated heterocycles. The van der Waals surface area contributed by atoms with Crippen molar-refractivity contribution >= 4 is 15.7 Å². The first kappa shape index (κ1) is 14.8. The van der Waals surface area contributed by atoms with E-state index in [0.29, 0.717) is 6.42 Å². The molecule has 1 aliphatic rings. The van der Waals surface area contributed by atoms with Gasteiger partial charge in [0, 0.05) is 6.42 Å². The van der Waals surface area contributed by atoms with Crippen molar-refractivity contribution in [2.45, 2.75) is 19.4 Å². The van der Waals surface area contributed by atoms with Crippen molar-refractivity contribution in [3.05, 3.63) is 71.3 Å². The fourth-order valence-electron chi connectivity index (χ4n) is 2.64. The third-order valence-corrected chi connectivity index (χ3v) is 4.80. The van der Waals surface area contributed by atoms with Crippen molar-refractivity contribution in [1.29, 1.82) is 0 Å². The highest BCUT2D eigenvalue weighted by Gasteiger charge is 2.34. The molecule has 1 aliphatic heterocycles. The summed E-state index contributed by atoms with van der Waals surface area (Å²) in [5, 5.41) is 4.37. The van der Waals surface area contributed by atoms with Gasteiger partial charge in [0.2, 0.25) is 10.0 Å². The van der Waals surface area contributed by atoms with Crippen LogP contribution in [0.5, 0.6) is 0 Å². The van der Waals surface area contributed by atoms with Crippen molar-refractivity contribution in [1.82, 2.24) is 4.41 Å². The molecule has 1 atom stereocenters. The molecule has 4 nitrogen and oxygen atoms in total. The van der Waals surface area contributed by atoms with Crippen LogP contribution in [-0.2, 0) is 10.0 Å². The normalized spacial score (nSPS) is 18.4. The second-order valence-corrected chi connectivity index (χ2v) is 7.42. The third kappa shape index (κ3) is 2.90. The summed E-state index contributed by atoms with van der Waals surface area (Å²) in [7, 11) is -3.41. The van der Waals surface area contributed by atoms with E-state index < -0.39 is 10.0 Å². The summed E-state index contributed by atoms with van der Waals surface area (Å²) in [5.41, 5.74) is 3.88. The monoisotopic (exact) mass is 314 g/mol. The Labute approximate surface area is 131 Å². The van der Waals surface area contributed by atoms with Crippen molar-refractivity contribution in [2.24, 2.45) is 5.10 Å². The lowest BCUT2D eigenvalue weighted by Crippen LogP contribution is -2.25. The molecule has 0 bridgehead atoms. The molecule has 5 heteroatoms.